The highest BCUT2D eigenvalue weighted by Crippen LogP contribution is 2.21. The molecule has 0 radical (unpaired) electrons. The predicted molar refractivity (Wildman–Crippen MR) is 107 cm³/mol. The number of rotatable bonds is 9. The number of thioether (sulfide) groups is 1. The summed E-state index contributed by atoms with van der Waals surface area (Å²) in [4.78, 5) is 12.1. The first-order chi connectivity index (χ1) is 14.5. The second kappa shape index (κ2) is 9.97. The van der Waals surface area contributed by atoms with Gasteiger partial charge in [-0.2, -0.15) is 0 Å². The van der Waals surface area contributed by atoms with Crippen LogP contribution in [0.4, 0.5) is 18.9 Å². The Morgan fingerprint density at radius 1 is 1.17 bits per heavy atom. The number of carbonyl (C=O) groups is 1. The lowest BCUT2D eigenvalue weighted by Gasteiger charge is -2.10. The molecule has 10 heteroatoms. The molecule has 2 aromatic carbocycles. The van der Waals surface area contributed by atoms with Crippen LogP contribution in [0.15, 0.2) is 60.3 Å². The van der Waals surface area contributed by atoms with E-state index in [1.54, 1.807) is 22.8 Å². The van der Waals surface area contributed by atoms with Gasteiger partial charge < -0.3 is 10.1 Å². The summed E-state index contributed by atoms with van der Waals surface area (Å²) >= 11 is 1.08. The van der Waals surface area contributed by atoms with Crippen molar-refractivity contribution in [2.45, 2.75) is 18.3 Å². The zero-order valence-electron chi connectivity index (χ0n) is 15.6. The molecule has 1 heterocycles. The summed E-state index contributed by atoms with van der Waals surface area (Å²) in [5.41, 5.74) is 0.0182. The molecule has 0 saturated carbocycles. The lowest BCUT2D eigenvalue weighted by Crippen LogP contribution is -2.15. The fraction of sp³-hybridized carbons (Fsp3) is 0.150. The van der Waals surface area contributed by atoms with Crippen molar-refractivity contribution in [3.63, 3.8) is 0 Å². The molecule has 1 N–H and O–H groups in total. The van der Waals surface area contributed by atoms with Gasteiger partial charge >= 0.3 is 0 Å². The van der Waals surface area contributed by atoms with Gasteiger partial charge in [-0.05, 0) is 24.3 Å². The minimum Gasteiger partial charge on any atom is -0.483 e. The van der Waals surface area contributed by atoms with Crippen LogP contribution >= 0.6 is 11.8 Å². The van der Waals surface area contributed by atoms with Crippen LogP contribution in [-0.2, 0) is 17.9 Å². The number of ether oxygens (including phenoxy) is 1. The first kappa shape index (κ1) is 21.4. The average molecular weight is 434 g/mol. The highest BCUT2D eigenvalue weighted by molar-refractivity contribution is 7.99. The number of hydrogen-bond donors (Lipinski definition) is 1. The lowest BCUT2D eigenvalue weighted by molar-refractivity contribution is -0.113. The standard InChI is InChI=1S/C20H17F3N4O2S/c1-2-7-27-18(11-29-17-6-4-3-5-16(17)23)25-26-20(27)30-12-19(28)24-15-9-13(21)8-14(22)10-15/h2-6,8-10H,1,7,11-12H2,(H,24,28). The molecule has 0 saturated heterocycles. The van der Waals surface area contributed by atoms with Gasteiger partial charge in [-0.25, -0.2) is 13.2 Å². The Balaban J connectivity index is 1.63. The Hall–Kier alpha value is -3.27. The number of benzene rings is 2. The molecule has 1 aromatic heterocycles. The molecule has 30 heavy (non-hydrogen) atoms. The number of nitrogens with one attached hydrogen (secondary N) is 1. The van der Waals surface area contributed by atoms with Gasteiger partial charge in [0, 0.05) is 18.3 Å². The highest BCUT2D eigenvalue weighted by atomic mass is 32.2. The molecule has 0 atom stereocenters. The van der Waals surface area contributed by atoms with Gasteiger partial charge in [0.05, 0.1) is 5.75 Å². The van der Waals surface area contributed by atoms with Crippen LogP contribution in [0.25, 0.3) is 0 Å². The Labute approximate surface area is 174 Å². The third kappa shape index (κ3) is 5.63. The minimum absolute atomic E-state index is 0.0182. The van der Waals surface area contributed by atoms with Crippen LogP contribution in [0.3, 0.4) is 0 Å². The fourth-order valence-corrected chi connectivity index (χ4v) is 3.27. The van der Waals surface area contributed by atoms with Crippen molar-refractivity contribution in [1.29, 1.82) is 0 Å². The van der Waals surface area contributed by atoms with E-state index in [0.717, 1.165) is 23.9 Å². The van der Waals surface area contributed by atoms with Crippen LogP contribution in [0.5, 0.6) is 5.75 Å². The van der Waals surface area contributed by atoms with Gasteiger partial charge in [0.15, 0.2) is 22.5 Å². The number of para-hydroxylation sites is 1. The van der Waals surface area contributed by atoms with E-state index in [1.807, 2.05) is 0 Å². The molecular weight excluding hydrogens is 417 g/mol. The third-order valence-corrected chi connectivity index (χ3v) is 4.74. The smallest absolute Gasteiger partial charge is 0.234 e. The van der Waals surface area contributed by atoms with E-state index in [9.17, 15) is 18.0 Å². The van der Waals surface area contributed by atoms with Crippen molar-refractivity contribution in [2.75, 3.05) is 11.1 Å². The maximum Gasteiger partial charge on any atom is 0.234 e. The summed E-state index contributed by atoms with van der Waals surface area (Å²) < 4.78 is 47.3. The van der Waals surface area contributed by atoms with E-state index in [1.165, 1.54) is 12.1 Å². The second-order valence-electron chi connectivity index (χ2n) is 6.01. The van der Waals surface area contributed by atoms with Gasteiger partial charge in [-0.3, -0.25) is 9.36 Å². The van der Waals surface area contributed by atoms with Crippen LogP contribution in [-0.4, -0.2) is 26.4 Å². The molecule has 3 rings (SSSR count). The Morgan fingerprint density at radius 2 is 1.90 bits per heavy atom. The predicted octanol–water partition coefficient (Wildman–Crippen LogP) is 4.19. The Bertz CT molecular complexity index is 1040. The molecule has 0 aliphatic rings. The van der Waals surface area contributed by atoms with E-state index >= 15 is 0 Å². The lowest BCUT2D eigenvalue weighted by atomic mass is 10.3. The van der Waals surface area contributed by atoms with Crippen molar-refractivity contribution in [3.05, 3.63) is 78.4 Å². The summed E-state index contributed by atoms with van der Waals surface area (Å²) in [7, 11) is 0. The number of nitrogens with zero attached hydrogens (tertiary/aromatic N) is 3. The van der Waals surface area contributed by atoms with Crippen LogP contribution in [0.1, 0.15) is 5.82 Å². The monoisotopic (exact) mass is 434 g/mol. The zero-order chi connectivity index (χ0) is 21.5. The van der Waals surface area contributed by atoms with Crippen molar-refractivity contribution < 1.29 is 22.7 Å². The Morgan fingerprint density at radius 3 is 2.60 bits per heavy atom. The summed E-state index contributed by atoms with van der Waals surface area (Å²) in [5, 5.41) is 10.9. The van der Waals surface area contributed by atoms with Crippen LogP contribution in [0, 0.1) is 17.5 Å². The fourth-order valence-electron chi connectivity index (χ4n) is 2.50. The summed E-state index contributed by atoms with van der Waals surface area (Å²) in [6.07, 6.45) is 1.62. The summed E-state index contributed by atoms with van der Waals surface area (Å²) in [5.74, 6) is -2.10. The SMILES string of the molecule is C=CCn1c(COc2ccccc2F)nnc1SCC(=O)Nc1cc(F)cc(F)c1. The number of carbonyl (C=O) groups excluding carboxylic acids is 1. The van der Waals surface area contributed by atoms with Gasteiger partial charge in [-0.15, -0.1) is 16.8 Å². The number of aromatic nitrogens is 3. The number of amides is 1. The number of hydrogen-bond acceptors (Lipinski definition) is 5. The quantitative estimate of drug-likeness (QED) is 0.404. The van der Waals surface area contributed by atoms with Crippen molar-refractivity contribution in [3.8, 4) is 5.75 Å². The molecular formula is C20H17F3N4O2S. The highest BCUT2D eigenvalue weighted by Gasteiger charge is 2.15. The molecule has 156 valence electrons. The molecule has 0 spiro atoms. The van der Waals surface area contributed by atoms with Gasteiger partial charge in [0.2, 0.25) is 5.91 Å². The van der Waals surface area contributed by atoms with Gasteiger partial charge in [0.25, 0.3) is 0 Å². The van der Waals surface area contributed by atoms with Crippen molar-refractivity contribution >= 4 is 23.4 Å². The second-order valence-corrected chi connectivity index (χ2v) is 6.95. The third-order valence-electron chi connectivity index (χ3n) is 3.78. The molecule has 1 amide bonds. The molecule has 0 aliphatic carbocycles. The Kier molecular flexibility index (Phi) is 7.12. The number of allylic oxidation sites excluding steroid dienone is 1. The molecule has 0 fully saturated rings. The molecule has 0 aliphatic heterocycles. The first-order valence-electron chi connectivity index (χ1n) is 8.75. The van der Waals surface area contributed by atoms with E-state index in [4.69, 9.17) is 4.74 Å². The normalized spacial score (nSPS) is 10.6. The maximum absolute atomic E-state index is 13.7. The minimum atomic E-state index is -0.789. The molecule has 0 bridgehead atoms. The molecule has 3 aromatic rings. The van der Waals surface area contributed by atoms with E-state index in [0.29, 0.717) is 23.6 Å². The summed E-state index contributed by atoms with van der Waals surface area (Å²) in [6, 6.07) is 8.74. The maximum atomic E-state index is 13.7. The van der Waals surface area contributed by atoms with Crippen molar-refractivity contribution in [1.82, 2.24) is 14.8 Å². The zero-order valence-corrected chi connectivity index (χ0v) is 16.5. The molecule has 6 nitrogen and oxygen atoms in total. The number of anilines is 1. The summed E-state index contributed by atoms with van der Waals surface area (Å²) in [6.45, 7) is 4.00. The van der Waals surface area contributed by atoms with E-state index in [2.05, 4.69) is 22.1 Å². The average Bonchev–Trinajstić information content (AvgIpc) is 3.07. The van der Waals surface area contributed by atoms with E-state index in [-0.39, 0.29) is 23.8 Å². The topological polar surface area (TPSA) is 69.0 Å². The van der Waals surface area contributed by atoms with Crippen LogP contribution < -0.4 is 10.1 Å². The van der Waals surface area contributed by atoms with Crippen molar-refractivity contribution in [2.24, 2.45) is 0 Å². The largest absolute Gasteiger partial charge is 0.483 e. The van der Waals surface area contributed by atoms with E-state index < -0.39 is 23.4 Å². The molecule has 0 unspecified atom stereocenters. The first-order valence-corrected chi connectivity index (χ1v) is 9.74. The number of halogens is 3. The van der Waals surface area contributed by atoms with Crippen LogP contribution in [0.2, 0.25) is 0 Å². The van der Waals surface area contributed by atoms with Gasteiger partial charge in [-0.1, -0.05) is 30.0 Å². The van der Waals surface area contributed by atoms with Gasteiger partial charge in [0.1, 0.15) is 18.2 Å².